The van der Waals surface area contributed by atoms with Gasteiger partial charge in [-0.1, -0.05) is 43.8 Å². The number of hydrogen-bond acceptors (Lipinski definition) is 4. The van der Waals surface area contributed by atoms with Crippen molar-refractivity contribution in [2.45, 2.75) is 33.0 Å². The monoisotopic (exact) mass is 278 g/mol. The van der Waals surface area contributed by atoms with Crippen LogP contribution in [0, 0.1) is 0 Å². The summed E-state index contributed by atoms with van der Waals surface area (Å²) in [4.78, 5) is 11.5. The van der Waals surface area contributed by atoms with Crippen LogP contribution >= 0.6 is 12.2 Å². The minimum Gasteiger partial charge on any atom is -0.444 e. The Bertz CT molecular complexity index is 454. The Morgan fingerprint density at radius 2 is 1.95 bits per heavy atom. The molecule has 0 radical (unpaired) electrons. The van der Waals surface area contributed by atoms with Crippen LogP contribution in [0.4, 0.5) is 0 Å². The number of benzene rings is 1. The lowest BCUT2D eigenvalue weighted by molar-refractivity contribution is -0.160. The summed E-state index contributed by atoms with van der Waals surface area (Å²) >= 11 is 5.19. The quantitative estimate of drug-likeness (QED) is 0.344. The van der Waals surface area contributed by atoms with Crippen LogP contribution in [-0.2, 0) is 14.3 Å². The summed E-state index contributed by atoms with van der Waals surface area (Å²) in [5, 5.41) is 0.327. The molecule has 1 unspecified atom stereocenters. The van der Waals surface area contributed by atoms with Crippen LogP contribution in [0.5, 0.6) is 0 Å². The fraction of sp³-hybridized carbons (Fsp3) is 0.333. The molecule has 102 valence electrons. The van der Waals surface area contributed by atoms with Gasteiger partial charge in [0.1, 0.15) is 0 Å². The van der Waals surface area contributed by atoms with Gasteiger partial charge in [0.25, 0.3) is 0 Å². The smallest absolute Gasteiger partial charge is 0.336 e. The van der Waals surface area contributed by atoms with Gasteiger partial charge < -0.3 is 9.47 Å². The third-order valence-electron chi connectivity index (χ3n) is 2.36. The Labute approximate surface area is 119 Å². The molecule has 1 rings (SSSR count). The molecule has 0 aromatic heterocycles. The maximum atomic E-state index is 11.5. The van der Waals surface area contributed by atoms with E-state index >= 15 is 0 Å². The van der Waals surface area contributed by atoms with Gasteiger partial charge in [-0.3, -0.25) is 0 Å². The molecular formula is C15H18O3S. The maximum absolute atomic E-state index is 11.5. The van der Waals surface area contributed by atoms with E-state index in [9.17, 15) is 4.79 Å². The van der Waals surface area contributed by atoms with Crippen LogP contribution in [0.3, 0.4) is 0 Å². The first-order valence-electron chi connectivity index (χ1n) is 6.17. The lowest BCUT2D eigenvalue weighted by Crippen LogP contribution is -2.24. The number of carbonyl (C=O) groups is 1. The second-order valence-corrected chi connectivity index (χ2v) is 4.55. The Balaban J connectivity index is 2.65. The zero-order valence-electron chi connectivity index (χ0n) is 11.2. The van der Waals surface area contributed by atoms with Gasteiger partial charge in [0.15, 0.2) is 5.05 Å². The van der Waals surface area contributed by atoms with Crippen molar-refractivity contribution in [1.29, 1.82) is 0 Å². The van der Waals surface area contributed by atoms with E-state index in [4.69, 9.17) is 21.7 Å². The van der Waals surface area contributed by atoms with Gasteiger partial charge in [0, 0.05) is 17.6 Å². The predicted molar refractivity (Wildman–Crippen MR) is 78.8 cm³/mol. The van der Waals surface area contributed by atoms with E-state index in [0.29, 0.717) is 17.0 Å². The molecule has 0 saturated heterocycles. The second kappa shape index (κ2) is 7.69. The molecule has 0 aliphatic rings. The second-order valence-electron chi connectivity index (χ2n) is 4.18. The van der Waals surface area contributed by atoms with Crippen LogP contribution in [-0.4, -0.2) is 17.3 Å². The fourth-order valence-corrected chi connectivity index (χ4v) is 1.60. The molecule has 1 atom stereocenters. The molecule has 0 spiro atoms. The molecule has 4 heteroatoms. The van der Waals surface area contributed by atoms with Crippen LogP contribution in [0.25, 0.3) is 0 Å². The molecule has 0 fully saturated rings. The highest BCUT2D eigenvalue weighted by atomic mass is 32.1. The highest BCUT2D eigenvalue weighted by Crippen LogP contribution is 2.12. The summed E-state index contributed by atoms with van der Waals surface area (Å²) in [5.41, 5.74) is 1.14. The lowest BCUT2D eigenvalue weighted by atomic mass is 10.2. The standard InChI is InChI=1S/C15H18O3S/c1-4-8-13(17-14(16)11(2)3)18-15(19)12-9-6-5-7-10-12/h5-7,9-10,13H,2,4,8H2,1,3H3. The Morgan fingerprint density at radius 1 is 1.32 bits per heavy atom. The van der Waals surface area contributed by atoms with Crippen LogP contribution in [0.2, 0.25) is 0 Å². The zero-order chi connectivity index (χ0) is 14.3. The topological polar surface area (TPSA) is 35.5 Å². The third kappa shape index (κ3) is 5.22. The van der Waals surface area contributed by atoms with Crippen molar-refractivity contribution >= 4 is 23.2 Å². The average Bonchev–Trinajstić information content (AvgIpc) is 2.39. The molecular weight excluding hydrogens is 260 g/mol. The Kier molecular flexibility index (Phi) is 6.22. The molecule has 3 nitrogen and oxygen atoms in total. The summed E-state index contributed by atoms with van der Waals surface area (Å²) in [6.45, 7) is 7.12. The van der Waals surface area contributed by atoms with E-state index in [1.807, 2.05) is 37.3 Å². The first-order valence-corrected chi connectivity index (χ1v) is 6.58. The number of hydrogen-bond donors (Lipinski definition) is 0. The van der Waals surface area contributed by atoms with Crippen molar-refractivity contribution < 1.29 is 14.3 Å². The Morgan fingerprint density at radius 3 is 2.47 bits per heavy atom. The normalized spacial score (nSPS) is 11.5. The summed E-state index contributed by atoms with van der Waals surface area (Å²) < 4.78 is 10.7. The highest BCUT2D eigenvalue weighted by Gasteiger charge is 2.17. The summed E-state index contributed by atoms with van der Waals surface area (Å²) in [6, 6.07) is 9.36. The van der Waals surface area contributed by atoms with Gasteiger partial charge in [0.2, 0.25) is 6.29 Å². The van der Waals surface area contributed by atoms with Crippen molar-refractivity contribution in [1.82, 2.24) is 0 Å². The molecule has 0 amide bonds. The zero-order valence-corrected chi connectivity index (χ0v) is 12.0. The molecule has 0 saturated carbocycles. The van der Waals surface area contributed by atoms with Crippen molar-refractivity contribution in [3.63, 3.8) is 0 Å². The fourth-order valence-electron chi connectivity index (χ4n) is 1.36. The lowest BCUT2D eigenvalue weighted by Gasteiger charge is -2.19. The predicted octanol–water partition coefficient (Wildman–Crippen LogP) is 3.62. The number of carbonyl (C=O) groups excluding carboxylic acids is 1. The molecule has 1 aromatic rings. The van der Waals surface area contributed by atoms with Crippen LogP contribution < -0.4 is 0 Å². The average molecular weight is 278 g/mol. The van der Waals surface area contributed by atoms with E-state index in [2.05, 4.69) is 6.58 Å². The molecule has 0 aliphatic carbocycles. The maximum Gasteiger partial charge on any atom is 0.336 e. The van der Waals surface area contributed by atoms with Gasteiger partial charge >= 0.3 is 5.97 Å². The van der Waals surface area contributed by atoms with Crippen LogP contribution in [0.15, 0.2) is 42.5 Å². The minimum atomic E-state index is -0.665. The minimum absolute atomic E-state index is 0.327. The number of thiocarbonyl (C=S) groups is 1. The molecule has 0 heterocycles. The van der Waals surface area contributed by atoms with E-state index in [1.54, 1.807) is 6.92 Å². The van der Waals surface area contributed by atoms with E-state index < -0.39 is 12.3 Å². The SMILES string of the molecule is C=C(C)C(=O)OC(CCC)OC(=S)c1ccccc1. The van der Waals surface area contributed by atoms with E-state index in [0.717, 1.165) is 12.0 Å². The van der Waals surface area contributed by atoms with E-state index in [-0.39, 0.29) is 0 Å². The number of esters is 1. The summed E-state index contributed by atoms with van der Waals surface area (Å²) in [5.74, 6) is -0.464. The molecule has 0 bridgehead atoms. The molecule has 1 aromatic carbocycles. The summed E-state index contributed by atoms with van der Waals surface area (Å²) in [7, 11) is 0. The molecule has 0 N–H and O–H groups in total. The number of ether oxygens (including phenoxy) is 2. The van der Waals surface area contributed by atoms with Crippen molar-refractivity contribution in [2.24, 2.45) is 0 Å². The van der Waals surface area contributed by atoms with E-state index in [1.165, 1.54) is 0 Å². The van der Waals surface area contributed by atoms with Crippen molar-refractivity contribution in [3.05, 3.63) is 48.0 Å². The van der Waals surface area contributed by atoms with Crippen molar-refractivity contribution in [2.75, 3.05) is 0 Å². The van der Waals surface area contributed by atoms with Gasteiger partial charge in [0.05, 0.1) is 0 Å². The van der Waals surface area contributed by atoms with Gasteiger partial charge in [-0.25, -0.2) is 4.79 Å². The highest BCUT2D eigenvalue weighted by molar-refractivity contribution is 7.80. The van der Waals surface area contributed by atoms with Crippen LogP contribution in [0.1, 0.15) is 32.3 Å². The third-order valence-corrected chi connectivity index (χ3v) is 2.69. The summed E-state index contributed by atoms with van der Waals surface area (Å²) in [6.07, 6.45) is 0.749. The van der Waals surface area contributed by atoms with Gasteiger partial charge in [-0.15, -0.1) is 0 Å². The first-order chi connectivity index (χ1) is 9.04. The largest absolute Gasteiger partial charge is 0.444 e. The Hall–Kier alpha value is -1.68. The first kappa shape index (κ1) is 15.4. The van der Waals surface area contributed by atoms with Gasteiger partial charge in [-0.2, -0.15) is 0 Å². The van der Waals surface area contributed by atoms with Gasteiger partial charge in [-0.05, 0) is 25.6 Å². The van der Waals surface area contributed by atoms with Crippen molar-refractivity contribution in [3.8, 4) is 0 Å². The molecule has 0 aliphatic heterocycles. The number of rotatable bonds is 6. The molecule has 19 heavy (non-hydrogen) atoms.